The molecule has 2 amide bonds. The lowest BCUT2D eigenvalue weighted by molar-refractivity contribution is -0.141. The summed E-state index contributed by atoms with van der Waals surface area (Å²) in [6, 6.07) is 7.76. The molecule has 2 N–H and O–H groups in total. The molecule has 1 aliphatic rings. The van der Waals surface area contributed by atoms with Crippen LogP contribution < -0.4 is 10.6 Å². The van der Waals surface area contributed by atoms with Gasteiger partial charge in [-0.15, -0.1) is 0 Å². The fraction of sp³-hybridized carbons (Fsp3) is 0.600. The van der Waals surface area contributed by atoms with Gasteiger partial charge in [-0.3, -0.25) is 9.59 Å². The van der Waals surface area contributed by atoms with Gasteiger partial charge in [0, 0.05) is 17.6 Å². The van der Waals surface area contributed by atoms with Crippen LogP contribution in [0, 0.1) is 5.41 Å². The van der Waals surface area contributed by atoms with Crippen molar-refractivity contribution in [1.29, 1.82) is 0 Å². The van der Waals surface area contributed by atoms with Crippen molar-refractivity contribution in [2.75, 3.05) is 6.54 Å². The number of rotatable bonds is 6. The van der Waals surface area contributed by atoms with Crippen LogP contribution in [0.4, 0.5) is 0 Å². The minimum atomic E-state index is -1.06. The third kappa shape index (κ3) is 6.03. The van der Waals surface area contributed by atoms with E-state index in [0.717, 1.165) is 31.2 Å². The molecule has 1 aromatic rings. The first kappa shape index (κ1) is 19.8. The Morgan fingerprint density at radius 3 is 2.24 bits per heavy atom. The molecule has 0 atom stereocenters. The predicted octanol–water partition coefficient (Wildman–Crippen LogP) is 3.86. The standard InChI is InChI=1S/C20H29ClN2O2/c1-20(2,19(25)23-17-7-5-3-4-6-8-17)18(24)22-14-13-15-9-11-16(21)12-10-15/h9-12,17H,3-8,13-14H2,1-2H3,(H,22,24)(H,23,25). The van der Waals surface area contributed by atoms with Gasteiger partial charge in [-0.2, -0.15) is 0 Å². The van der Waals surface area contributed by atoms with Crippen LogP contribution in [0.2, 0.25) is 5.02 Å². The van der Waals surface area contributed by atoms with E-state index in [4.69, 9.17) is 11.6 Å². The molecule has 0 aromatic heterocycles. The Kier molecular flexibility index (Phi) is 7.30. The highest BCUT2D eigenvalue weighted by atomic mass is 35.5. The Morgan fingerprint density at radius 2 is 1.64 bits per heavy atom. The van der Waals surface area contributed by atoms with Gasteiger partial charge in [0.2, 0.25) is 11.8 Å². The van der Waals surface area contributed by atoms with Crippen molar-refractivity contribution in [1.82, 2.24) is 10.6 Å². The first-order valence-corrected chi connectivity index (χ1v) is 9.61. The topological polar surface area (TPSA) is 58.2 Å². The average Bonchev–Trinajstić information content (AvgIpc) is 2.85. The van der Waals surface area contributed by atoms with Crippen LogP contribution in [0.15, 0.2) is 24.3 Å². The van der Waals surface area contributed by atoms with Gasteiger partial charge in [0.15, 0.2) is 0 Å². The third-order valence-electron chi connectivity index (χ3n) is 4.94. The Balaban J connectivity index is 1.81. The van der Waals surface area contributed by atoms with Gasteiger partial charge in [-0.05, 0) is 50.8 Å². The normalized spacial score (nSPS) is 16.1. The maximum atomic E-state index is 12.6. The lowest BCUT2D eigenvalue weighted by atomic mass is 9.90. The van der Waals surface area contributed by atoms with E-state index in [1.165, 1.54) is 12.8 Å². The van der Waals surface area contributed by atoms with Crippen molar-refractivity contribution in [3.05, 3.63) is 34.9 Å². The summed E-state index contributed by atoms with van der Waals surface area (Å²) in [7, 11) is 0. The summed E-state index contributed by atoms with van der Waals surface area (Å²) in [6.45, 7) is 3.88. The molecular weight excluding hydrogens is 336 g/mol. The fourth-order valence-corrected chi connectivity index (χ4v) is 3.21. The molecule has 0 radical (unpaired) electrons. The summed E-state index contributed by atoms with van der Waals surface area (Å²) in [6.07, 6.45) is 7.52. The summed E-state index contributed by atoms with van der Waals surface area (Å²) < 4.78 is 0. The van der Waals surface area contributed by atoms with E-state index in [-0.39, 0.29) is 17.9 Å². The Labute approximate surface area is 155 Å². The molecule has 4 nitrogen and oxygen atoms in total. The van der Waals surface area contributed by atoms with E-state index in [0.29, 0.717) is 18.0 Å². The quantitative estimate of drug-likeness (QED) is 0.594. The highest BCUT2D eigenvalue weighted by Crippen LogP contribution is 2.21. The second-order valence-electron chi connectivity index (χ2n) is 7.42. The molecule has 1 fully saturated rings. The van der Waals surface area contributed by atoms with Crippen molar-refractivity contribution < 1.29 is 9.59 Å². The molecule has 0 spiro atoms. The number of amides is 2. The minimum absolute atomic E-state index is 0.177. The number of benzene rings is 1. The molecule has 0 unspecified atom stereocenters. The second kappa shape index (κ2) is 9.23. The van der Waals surface area contributed by atoms with Gasteiger partial charge in [-0.25, -0.2) is 0 Å². The van der Waals surface area contributed by atoms with E-state index >= 15 is 0 Å². The number of hydrogen-bond donors (Lipinski definition) is 2. The Bertz CT molecular complexity index is 576. The van der Waals surface area contributed by atoms with Gasteiger partial charge >= 0.3 is 0 Å². The molecule has 1 aliphatic carbocycles. The summed E-state index contributed by atoms with van der Waals surface area (Å²) in [5, 5.41) is 6.66. The molecule has 138 valence electrons. The summed E-state index contributed by atoms with van der Waals surface area (Å²) in [5.74, 6) is -0.407. The van der Waals surface area contributed by atoms with Gasteiger partial charge in [0.1, 0.15) is 5.41 Å². The number of hydrogen-bond acceptors (Lipinski definition) is 2. The molecule has 2 rings (SSSR count). The van der Waals surface area contributed by atoms with Gasteiger partial charge in [-0.1, -0.05) is 49.4 Å². The van der Waals surface area contributed by atoms with Crippen LogP contribution in [-0.4, -0.2) is 24.4 Å². The zero-order chi connectivity index (χ0) is 18.3. The molecule has 25 heavy (non-hydrogen) atoms. The van der Waals surface area contributed by atoms with E-state index in [9.17, 15) is 9.59 Å². The SMILES string of the molecule is CC(C)(C(=O)NCCc1ccc(Cl)cc1)C(=O)NC1CCCCCC1. The molecular formula is C20H29ClN2O2. The maximum absolute atomic E-state index is 12.6. The van der Waals surface area contributed by atoms with Crippen molar-refractivity contribution in [2.24, 2.45) is 5.41 Å². The minimum Gasteiger partial charge on any atom is -0.355 e. The zero-order valence-corrected chi connectivity index (χ0v) is 16.0. The van der Waals surface area contributed by atoms with Crippen LogP contribution in [0.3, 0.4) is 0 Å². The van der Waals surface area contributed by atoms with E-state index < -0.39 is 5.41 Å². The number of carbonyl (C=O) groups is 2. The van der Waals surface area contributed by atoms with Crippen LogP contribution in [-0.2, 0) is 16.0 Å². The third-order valence-corrected chi connectivity index (χ3v) is 5.19. The van der Waals surface area contributed by atoms with E-state index in [1.54, 1.807) is 13.8 Å². The lowest BCUT2D eigenvalue weighted by Gasteiger charge is -2.26. The first-order chi connectivity index (χ1) is 11.9. The summed E-state index contributed by atoms with van der Waals surface area (Å²) in [4.78, 5) is 25.0. The van der Waals surface area contributed by atoms with Crippen LogP contribution in [0.25, 0.3) is 0 Å². The molecule has 0 bridgehead atoms. The number of carbonyl (C=O) groups excluding carboxylic acids is 2. The van der Waals surface area contributed by atoms with Crippen molar-refractivity contribution in [3.8, 4) is 0 Å². The Hall–Kier alpha value is -1.55. The molecule has 0 aliphatic heterocycles. The van der Waals surface area contributed by atoms with E-state index in [2.05, 4.69) is 10.6 Å². The number of halogens is 1. The monoisotopic (exact) mass is 364 g/mol. The van der Waals surface area contributed by atoms with Gasteiger partial charge < -0.3 is 10.6 Å². The second-order valence-corrected chi connectivity index (χ2v) is 7.86. The highest BCUT2D eigenvalue weighted by molar-refractivity contribution is 6.30. The smallest absolute Gasteiger partial charge is 0.235 e. The zero-order valence-electron chi connectivity index (χ0n) is 15.2. The predicted molar refractivity (Wildman–Crippen MR) is 102 cm³/mol. The summed E-state index contributed by atoms with van der Waals surface area (Å²) in [5.41, 5.74) is 0.0390. The summed E-state index contributed by atoms with van der Waals surface area (Å²) >= 11 is 5.87. The first-order valence-electron chi connectivity index (χ1n) is 9.23. The number of nitrogens with one attached hydrogen (secondary N) is 2. The molecule has 1 aromatic carbocycles. The van der Waals surface area contributed by atoms with Crippen molar-refractivity contribution in [3.63, 3.8) is 0 Å². The Morgan fingerprint density at radius 1 is 1.04 bits per heavy atom. The maximum Gasteiger partial charge on any atom is 0.235 e. The largest absolute Gasteiger partial charge is 0.355 e. The highest BCUT2D eigenvalue weighted by Gasteiger charge is 2.36. The molecule has 0 saturated heterocycles. The van der Waals surface area contributed by atoms with Crippen LogP contribution in [0.5, 0.6) is 0 Å². The van der Waals surface area contributed by atoms with Gasteiger partial charge in [0.05, 0.1) is 0 Å². The van der Waals surface area contributed by atoms with Crippen LogP contribution >= 0.6 is 11.6 Å². The fourth-order valence-electron chi connectivity index (χ4n) is 3.09. The van der Waals surface area contributed by atoms with E-state index in [1.807, 2.05) is 24.3 Å². The molecule has 1 saturated carbocycles. The van der Waals surface area contributed by atoms with Crippen molar-refractivity contribution in [2.45, 2.75) is 64.8 Å². The molecule has 0 heterocycles. The van der Waals surface area contributed by atoms with Gasteiger partial charge in [0.25, 0.3) is 0 Å². The average molecular weight is 365 g/mol. The lowest BCUT2D eigenvalue weighted by Crippen LogP contribution is -2.50. The molecule has 5 heteroatoms. The van der Waals surface area contributed by atoms with Crippen LogP contribution in [0.1, 0.15) is 57.9 Å². The van der Waals surface area contributed by atoms with Crippen molar-refractivity contribution >= 4 is 23.4 Å².